The van der Waals surface area contributed by atoms with Crippen molar-refractivity contribution in [3.8, 4) is 11.3 Å². The predicted octanol–water partition coefficient (Wildman–Crippen LogP) is 2.36. The van der Waals surface area contributed by atoms with E-state index in [1.807, 2.05) is 30.3 Å². The van der Waals surface area contributed by atoms with Gasteiger partial charge in [0.05, 0.1) is 11.4 Å². The fourth-order valence-electron chi connectivity index (χ4n) is 1.29. The molecular formula is C11H10BrN3. The van der Waals surface area contributed by atoms with Crippen molar-refractivity contribution in [3.63, 3.8) is 0 Å². The molecule has 3 nitrogen and oxygen atoms in total. The second kappa shape index (κ2) is 4.51. The van der Waals surface area contributed by atoms with Gasteiger partial charge in [-0.15, -0.1) is 0 Å². The summed E-state index contributed by atoms with van der Waals surface area (Å²) >= 11 is 3.39. The summed E-state index contributed by atoms with van der Waals surface area (Å²) in [7, 11) is 0. The van der Waals surface area contributed by atoms with Crippen molar-refractivity contribution in [1.29, 1.82) is 0 Å². The molecule has 2 N–H and O–H groups in total. The summed E-state index contributed by atoms with van der Waals surface area (Å²) in [5.41, 5.74) is 8.34. The second-order valence-corrected chi connectivity index (χ2v) is 4.02. The number of aromatic nitrogens is 2. The topological polar surface area (TPSA) is 51.8 Å². The van der Waals surface area contributed by atoms with E-state index in [2.05, 4.69) is 25.9 Å². The van der Waals surface area contributed by atoms with Crippen molar-refractivity contribution in [2.45, 2.75) is 6.54 Å². The third-order valence-electron chi connectivity index (χ3n) is 2.07. The Morgan fingerprint density at radius 2 is 1.87 bits per heavy atom. The minimum absolute atomic E-state index is 0.437. The summed E-state index contributed by atoms with van der Waals surface area (Å²) in [4.78, 5) is 8.26. The maximum atomic E-state index is 5.52. The van der Waals surface area contributed by atoms with Crippen molar-refractivity contribution >= 4 is 15.9 Å². The molecule has 2 aromatic rings. The van der Waals surface area contributed by atoms with Crippen LogP contribution in [0.5, 0.6) is 0 Å². The molecule has 0 aliphatic carbocycles. The van der Waals surface area contributed by atoms with Crippen molar-refractivity contribution in [3.05, 3.63) is 46.8 Å². The molecule has 0 atom stereocenters. The zero-order valence-corrected chi connectivity index (χ0v) is 9.61. The van der Waals surface area contributed by atoms with Crippen LogP contribution in [0.1, 0.15) is 5.69 Å². The van der Waals surface area contributed by atoms with Crippen LogP contribution in [0.3, 0.4) is 0 Å². The molecular weight excluding hydrogens is 254 g/mol. The van der Waals surface area contributed by atoms with E-state index in [0.717, 1.165) is 21.4 Å². The summed E-state index contributed by atoms with van der Waals surface area (Å²) in [6.45, 7) is 0.437. The first-order valence-corrected chi connectivity index (χ1v) is 5.36. The quantitative estimate of drug-likeness (QED) is 0.905. The number of nitrogens with two attached hydrogens (primary N) is 1. The largest absolute Gasteiger partial charge is 0.325 e. The van der Waals surface area contributed by atoms with E-state index in [0.29, 0.717) is 6.54 Å². The minimum Gasteiger partial charge on any atom is -0.325 e. The molecule has 0 radical (unpaired) electrons. The Balaban J connectivity index is 2.40. The molecule has 1 aromatic carbocycles. The Labute approximate surface area is 96.5 Å². The predicted molar refractivity (Wildman–Crippen MR) is 63.1 cm³/mol. The molecule has 0 unspecified atom stereocenters. The molecule has 0 saturated heterocycles. The zero-order chi connectivity index (χ0) is 10.7. The van der Waals surface area contributed by atoms with E-state index in [9.17, 15) is 0 Å². The average Bonchev–Trinajstić information content (AvgIpc) is 2.30. The van der Waals surface area contributed by atoms with Crippen LogP contribution in [-0.4, -0.2) is 9.97 Å². The van der Waals surface area contributed by atoms with Gasteiger partial charge >= 0.3 is 0 Å². The Kier molecular flexibility index (Phi) is 3.08. The number of hydrogen-bond acceptors (Lipinski definition) is 3. The van der Waals surface area contributed by atoms with Gasteiger partial charge in [-0.3, -0.25) is 0 Å². The second-order valence-electron chi connectivity index (χ2n) is 3.11. The van der Waals surface area contributed by atoms with Crippen LogP contribution in [0.4, 0.5) is 0 Å². The van der Waals surface area contributed by atoms with Gasteiger partial charge in [0.15, 0.2) is 0 Å². The van der Waals surface area contributed by atoms with Crippen LogP contribution in [0.2, 0.25) is 0 Å². The first kappa shape index (κ1) is 10.3. The van der Waals surface area contributed by atoms with Crippen molar-refractivity contribution < 1.29 is 0 Å². The van der Waals surface area contributed by atoms with Crippen LogP contribution in [-0.2, 0) is 6.54 Å². The third kappa shape index (κ3) is 2.40. The Bertz CT molecular complexity index is 454. The van der Waals surface area contributed by atoms with E-state index in [1.165, 1.54) is 0 Å². The molecule has 1 heterocycles. The van der Waals surface area contributed by atoms with Gasteiger partial charge in [-0.1, -0.05) is 28.1 Å². The lowest BCUT2D eigenvalue weighted by Crippen LogP contribution is -2.00. The minimum atomic E-state index is 0.437. The fourth-order valence-corrected chi connectivity index (χ4v) is 1.55. The standard InChI is InChI=1S/C11H10BrN3/c12-9-3-1-8(2-4-9)11-5-10(6-13)14-7-15-11/h1-5,7H,6,13H2. The van der Waals surface area contributed by atoms with E-state index >= 15 is 0 Å². The molecule has 0 amide bonds. The Hall–Kier alpha value is -1.26. The number of benzene rings is 1. The lowest BCUT2D eigenvalue weighted by atomic mass is 10.1. The average molecular weight is 264 g/mol. The molecule has 1 aromatic heterocycles. The number of hydrogen-bond donors (Lipinski definition) is 1. The van der Waals surface area contributed by atoms with Gasteiger partial charge in [0.25, 0.3) is 0 Å². The van der Waals surface area contributed by atoms with Gasteiger partial charge < -0.3 is 5.73 Å². The molecule has 0 saturated carbocycles. The smallest absolute Gasteiger partial charge is 0.116 e. The summed E-state index contributed by atoms with van der Waals surface area (Å²) < 4.78 is 1.05. The van der Waals surface area contributed by atoms with Gasteiger partial charge in [-0.2, -0.15) is 0 Å². The van der Waals surface area contributed by atoms with E-state index in [1.54, 1.807) is 6.33 Å². The SMILES string of the molecule is NCc1cc(-c2ccc(Br)cc2)ncn1. The van der Waals surface area contributed by atoms with Crippen molar-refractivity contribution in [2.24, 2.45) is 5.73 Å². The van der Waals surface area contributed by atoms with Crippen molar-refractivity contribution in [1.82, 2.24) is 9.97 Å². The van der Waals surface area contributed by atoms with Crippen LogP contribution >= 0.6 is 15.9 Å². The molecule has 15 heavy (non-hydrogen) atoms. The lowest BCUT2D eigenvalue weighted by molar-refractivity contribution is 0.966. The molecule has 0 fully saturated rings. The Morgan fingerprint density at radius 1 is 1.13 bits per heavy atom. The summed E-state index contributed by atoms with van der Waals surface area (Å²) in [5.74, 6) is 0. The van der Waals surface area contributed by atoms with E-state index in [-0.39, 0.29) is 0 Å². The summed E-state index contributed by atoms with van der Waals surface area (Å²) in [6.07, 6.45) is 1.54. The molecule has 76 valence electrons. The highest BCUT2D eigenvalue weighted by Gasteiger charge is 2.00. The molecule has 0 aliphatic rings. The van der Waals surface area contributed by atoms with Crippen LogP contribution in [0.25, 0.3) is 11.3 Å². The Morgan fingerprint density at radius 3 is 2.53 bits per heavy atom. The van der Waals surface area contributed by atoms with Crippen LogP contribution in [0.15, 0.2) is 41.1 Å². The number of nitrogens with zero attached hydrogens (tertiary/aromatic N) is 2. The van der Waals surface area contributed by atoms with Gasteiger partial charge in [-0.25, -0.2) is 9.97 Å². The van der Waals surface area contributed by atoms with Crippen LogP contribution < -0.4 is 5.73 Å². The summed E-state index contributed by atoms with van der Waals surface area (Å²) in [6, 6.07) is 9.89. The van der Waals surface area contributed by atoms with Gasteiger partial charge in [0, 0.05) is 16.6 Å². The van der Waals surface area contributed by atoms with E-state index < -0.39 is 0 Å². The number of halogens is 1. The highest BCUT2D eigenvalue weighted by atomic mass is 79.9. The van der Waals surface area contributed by atoms with Gasteiger partial charge in [0.1, 0.15) is 6.33 Å². The fraction of sp³-hybridized carbons (Fsp3) is 0.0909. The van der Waals surface area contributed by atoms with Gasteiger partial charge in [0.2, 0.25) is 0 Å². The normalized spacial score (nSPS) is 10.3. The molecule has 0 bridgehead atoms. The highest BCUT2D eigenvalue weighted by Crippen LogP contribution is 2.19. The van der Waals surface area contributed by atoms with Crippen LogP contribution in [0, 0.1) is 0 Å². The molecule has 4 heteroatoms. The molecule has 0 aliphatic heterocycles. The highest BCUT2D eigenvalue weighted by molar-refractivity contribution is 9.10. The zero-order valence-electron chi connectivity index (χ0n) is 8.02. The van der Waals surface area contributed by atoms with E-state index in [4.69, 9.17) is 5.73 Å². The lowest BCUT2D eigenvalue weighted by Gasteiger charge is -2.02. The first-order chi connectivity index (χ1) is 7.29. The maximum absolute atomic E-state index is 5.52. The maximum Gasteiger partial charge on any atom is 0.116 e. The monoisotopic (exact) mass is 263 g/mol. The summed E-state index contributed by atoms with van der Waals surface area (Å²) in [5, 5.41) is 0. The van der Waals surface area contributed by atoms with Crippen molar-refractivity contribution in [2.75, 3.05) is 0 Å². The van der Waals surface area contributed by atoms with Gasteiger partial charge in [-0.05, 0) is 18.2 Å². The molecule has 2 rings (SSSR count). The number of rotatable bonds is 2. The third-order valence-corrected chi connectivity index (χ3v) is 2.60. The first-order valence-electron chi connectivity index (χ1n) is 4.56. The molecule has 0 spiro atoms.